The van der Waals surface area contributed by atoms with E-state index in [2.05, 4.69) is 14.8 Å². The number of benzene rings is 2. The zero-order valence-electron chi connectivity index (χ0n) is 18.6. The molecule has 1 fully saturated rings. The molecule has 1 saturated heterocycles. The lowest BCUT2D eigenvalue weighted by Crippen LogP contribution is -2.47. The molecule has 1 atom stereocenters. The number of pyridine rings is 1. The maximum Gasteiger partial charge on any atom is 0.356 e. The topological polar surface area (TPSA) is 45.7 Å². The summed E-state index contributed by atoms with van der Waals surface area (Å²) in [6, 6.07) is 18.7. The Morgan fingerprint density at radius 2 is 1.64 bits per heavy atom. The molecular weight excluding hydrogens is 424 g/mol. The second kappa shape index (κ2) is 10.6. The van der Waals surface area contributed by atoms with Crippen molar-refractivity contribution in [1.29, 1.82) is 0 Å². The molecule has 5 nitrogen and oxygen atoms in total. The van der Waals surface area contributed by atoms with Gasteiger partial charge in [0.1, 0.15) is 17.3 Å². The van der Waals surface area contributed by atoms with Gasteiger partial charge in [-0.05, 0) is 42.3 Å². The second-order valence-electron chi connectivity index (χ2n) is 8.06. The molecule has 4 rings (SSSR count). The molecule has 0 saturated carbocycles. The summed E-state index contributed by atoms with van der Waals surface area (Å²) in [6.07, 6.45) is 0. The van der Waals surface area contributed by atoms with Crippen LogP contribution in [-0.2, 0) is 11.3 Å². The van der Waals surface area contributed by atoms with E-state index in [4.69, 9.17) is 4.74 Å². The minimum Gasteiger partial charge on any atom is -0.461 e. The number of piperazine rings is 1. The van der Waals surface area contributed by atoms with Crippen LogP contribution in [-0.4, -0.2) is 53.5 Å². The van der Waals surface area contributed by atoms with Crippen molar-refractivity contribution in [3.05, 3.63) is 101 Å². The fourth-order valence-electron chi connectivity index (χ4n) is 4.28. The number of carbonyl (C=O) groups is 1. The van der Waals surface area contributed by atoms with E-state index in [1.165, 1.54) is 12.1 Å². The van der Waals surface area contributed by atoms with Gasteiger partial charge in [-0.15, -0.1) is 0 Å². The third kappa shape index (κ3) is 5.80. The van der Waals surface area contributed by atoms with Gasteiger partial charge in [0.2, 0.25) is 0 Å². The Labute approximate surface area is 192 Å². The smallest absolute Gasteiger partial charge is 0.356 e. The van der Waals surface area contributed by atoms with Crippen LogP contribution >= 0.6 is 0 Å². The summed E-state index contributed by atoms with van der Waals surface area (Å²) in [5.41, 5.74) is 2.72. The van der Waals surface area contributed by atoms with E-state index in [1.807, 2.05) is 42.5 Å². The SMILES string of the molecule is CCOC(=O)c1cccc(CN2CCN(C(c3ccccc3)c3cc(F)cc(F)c3)CC2)n1. The van der Waals surface area contributed by atoms with Gasteiger partial charge in [-0.25, -0.2) is 18.6 Å². The number of esters is 1. The van der Waals surface area contributed by atoms with Crippen LogP contribution in [0.15, 0.2) is 66.7 Å². The van der Waals surface area contributed by atoms with Crippen LogP contribution in [0.1, 0.15) is 40.3 Å². The number of hydrogen-bond donors (Lipinski definition) is 0. The van der Waals surface area contributed by atoms with Gasteiger partial charge in [-0.2, -0.15) is 0 Å². The van der Waals surface area contributed by atoms with Gasteiger partial charge in [0.25, 0.3) is 0 Å². The summed E-state index contributed by atoms with van der Waals surface area (Å²) in [4.78, 5) is 20.9. The molecule has 0 bridgehead atoms. The van der Waals surface area contributed by atoms with Crippen LogP contribution in [0.3, 0.4) is 0 Å². The summed E-state index contributed by atoms with van der Waals surface area (Å²) < 4.78 is 33.1. The van der Waals surface area contributed by atoms with Crippen molar-refractivity contribution in [1.82, 2.24) is 14.8 Å². The first kappa shape index (κ1) is 23.0. The third-order valence-corrected chi connectivity index (χ3v) is 5.76. The average molecular weight is 452 g/mol. The van der Waals surface area contributed by atoms with Crippen LogP contribution in [0.2, 0.25) is 0 Å². The Morgan fingerprint density at radius 1 is 0.939 bits per heavy atom. The molecule has 172 valence electrons. The zero-order valence-corrected chi connectivity index (χ0v) is 18.6. The highest BCUT2D eigenvalue weighted by Crippen LogP contribution is 2.30. The Morgan fingerprint density at radius 3 is 2.30 bits per heavy atom. The second-order valence-corrected chi connectivity index (χ2v) is 8.06. The third-order valence-electron chi connectivity index (χ3n) is 5.76. The van der Waals surface area contributed by atoms with E-state index in [-0.39, 0.29) is 6.04 Å². The summed E-state index contributed by atoms with van der Waals surface area (Å²) in [7, 11) is 0. The van der Waals surface area contributed by atoms with Crippen LogP contribution < -0.4 is 0 Å². The lowest BCUT2D eigenvalue weighted by Gasteiger charge is -2.39. The lowest BCUT2D eigenvalue weighted by molar-refractivity contribution is 0.0518. The van der Waals surface area contributed by atoms with Gasteiger partial charge >= 0.3 is 5.97 Å². The van der Waals surface area contributed by atoms with Gasteiger partial charge in [0.05, 0.1) is 18.3 Å². The van der Waals surface area contributed by atoms with Crippen LogP contribution in [0.25, 0.3) is 0 Å². The van der Waals surface area contributed by atoms with Gasteiger partial charge in [0.15, 0.2) is 0 Å². The number of hydrogen-bond acceptors (Lipinski definition) is 5. The zero-order chi connectivity index (χ0) is 23.2. The van der Waals surface area contributed by atoms with Crippen molar-refractivity contribution >= 4 is 5.97 Å². The number of aromatic nitrogens is 1. The highest BCUT2D eigenvalue weighted by Gasteiger charge is 2.27. The molecule has 1 aromatic heterocycles. The first-order chi connectivity index (χ1) is 16.0. The van der Waals surface area contributed by atoms with E-state index < -0.39 is 17.6 Å². The normalized spacial score (nSPS) is 15.8. The molecule has 7 heteroatoms. The minimum atomic E-state index is -0.572. The Hall–Kier alpha value is -3.16. The number of ether oxygens (including phenoxy) is 1. The molecule has 0 spiro atoms. The molecule has 0 aliphatic carbocycles. The van der Waals surface area contributed by atoms with Crippen molar-refractivity contribution in [2.75, 3.05) is 32.8 Å². The molecule has 2 aromatic carbocycles. The molecule has 3 aromatic rings. The van der Waals surface area contributed by atoms with Crippen molar-refractivity contribution in [2.45, 2.75) is 19.5 Å². The largest absolute Gasteiger partial charge is 0.461 e. The van der Waals surface area contributed by atoms with Crippen molar-refractivity contribution in [3.8, 4) is 0 Å². The fourth-order valence-corrected chi connectivity index (χ4v) is 4.28. The van der Waals surface area contributed by atoms with Crippen LogP contribution in [0.4, 0.5) is 8.78 Å². The number of halogens is 2. The summed E-state index contributed by atoms with van der Waals surface area (Å²) in [5, 5.41) is 0. The molecule has 2 heterocycles. The molecule has 0 radical (unpaired) electrons. The van der Waals surface area contributed by atoms with E-state index in [1.54, 1.807) is 13.0 Å². The number of carbonyl (C=O) groups excluding carboxylic acids is 1. The number of rotatable bonds is 7. The quantitative estimate of drug-likeness (QED) is 0.497. The van der Waals surface area contributed by atoms with Crippen molar-refractivity contribution in [2.24, 2.45) is 0 Å². The Bertz CT molecular complexity index is 1070. The van der Waals surface area contributed by atoms with Crippen LogP contribution in [0, 0.1) is 11.6 Å². The highest BCUT2D eigenvalue weighted by atomic mass is 19.1. The summed E-state index contributed by atoms with van der Waals surface area (Å²) in [6.45, 7) is 5.70. The summed E-state index contributed by atoms with van der Waals surface area (Å²) in [5.74, 6) is -1.56. The van der Waals surface area contributed by atoms with Gasteiger partial charge in [-0.1, -0.05) is 36.4 Å². The minimum absolute atomic E-state index is 0.233. The van der Waals surface area contributed by atoms with Gasteiger partial charge in [0, 0.05) is 38.8 Å². The van der Waals surface area contributed by atoms with Crippen molar-refractivity contribution < 1.29 is 18.3 Å². The molecule has 1 aliphatic heterocycles. The maximum atomic E-state index is 14.0. The number of nitrogens with zero attached hydrogens (tertiary/aromatic N) is 3. The molecule has 1 unspecified atom stereocenters. The summed E-state index contributed by atoms with van der Waals surface area (Å²) >= 11 is 0. The van der Waals surface area contributed by atoms with Gasteiger partial charge in [-0.3, -0.25) is 9.80 Å². The predicted molar refractivity (Wildman–Crippen MR) is 122 cm³/mol. The molecule has 1 aliphatic rings. The van der Waals surface area contributed by atoms with Crippen molar-refractivity contribution in [3.63, 3.8) is 0 Å². The van der Waals surface area contributed by atoms with E-state index >= 15 is 0 Å². The monoisotopic (exact) mass is 451 g/mol. The van der Waals surface area contributed by atoms with E-state index in [0.29, 0.717) is 24.4 Å². The predicted octanol–water partition coefficient (Wildman–Crippen LogP) is 4.44. The Balaban J connectivity index is 1.47. The average Bonchev–Trinajstić information content (AvgIpc) is 2.81. The standard InChI is InChI=1S/C26H27F2N3O2/c1-2-33-26(32)24-10-6-9-23(29-24)18-30-11-13-31(14-12-30)25(19-7-4-3-5-8-19)20-15-21(27)17-22(28)16-20/h3-10,15-17,25H,2,11-14,18H2,1H3. The van der Waals surface area contributed by atoms with E-state index in [9.17, 15) is 13.6 Å². The maximum absolute atomic E-state index is 14.0. The molecule has 0 amide bonds. The molecular formula is C26H27F2N3O2. The Kier molecular flexibility index (Phi) is 7.42. The van der Waals surface area contributed by atoms with Gasteiger partial charge < -0.3 is 4.74 Å². The molecule has 0 N–H and O–H groups in total. The first-order valence-electron chi connectivity index (χ1n) is 11.1. The fraction of sp³-hybridized carbons (Fsp3) is 0.308. The lowest BCUT2D eigenvalue weighted by atomic mass is 9.96. The van der Waals surface area contributed by atoms with E-state index in [0.717, 1.165) is 43.5 Å². The molecule has 33 heavy (non-hydrogen) atoms. The van der Waals surface area contributed by atoms with Crippen LogP contribution in [0.5, 0.6) is 0 Å². The highest BCUT2D eigenvalue weighted by molar-refractivity contribution is 5.87. The first-order valence-corrected chi connectivity index (χ1v) is 11.1.